The summed E-state index contributed by atoms with van der Waals surface area (Å²) < 4.78 is 54.1. The molecule has 0 aliphatic carbocycles. The van der Waals surface area contributed by atoms with Gasteiger partial charge in [0.15, 0.2) is 0 Å². The van der Waals surface area contributed by atoms with Crippen LogP contribution in [0.15, 0.2) is 18.2 Å². The van der Waals surface area contributed by atoms with Crippen LogP contribution in [0.2, 0.25) is 0 Å². The van der Waals surface area contributed by atoms with Crippen LogP contribution in [-0.4, -0.2) is 78.9 Å². The van der Waals surface area contributed by atoms with Crippen LogP contribution in [-0.2, 0) is 0 Å². The standard InChI is InChI=1S/C17H21F4N3O/c1-22(2)7-14-6-17(20,21)10-24(14)15-8-23(9-15)16(25)11-3-12(18)5-13(19)4-11/h3-5,14-15H,6-10H2,1-2H3/t14-/m0/s1. The van der Waals surface area contributed by atoms with Crippen molar-refractivity contribution in [2.24, 2.45) is 0 Å². The highest BCUT2D eigenvalue weighted by atomic mass is 19.3. The molecule has 1 aromatic rings. The summed E-state index contributed by atoms with van der Waals surface area (Å²) in [6.45, 7) is 0.788. The van der Waals surface area contributed by atoms with Crippen molar-refractivity contribution in [1.82, 2.24) is 14.7 Å². The average Bonchev–Trinajstić information content (AvgIpc) is 2.69. The molecular weight excluding hydrogens is 338 g/mol. The number of alkyl halides is 2. The second-order valence-corrected chi connectivity index (χ2v) is 7.17. The number of hydrogen-bond donors (Lipinski definition) is 0. The third kappa shape index (κ3) is 3.95. The van der Waals surface area contributed by atoms with E-state index in [0.29, 0.717) is 12.6 Å². The molecule has 138 valence electrons. The van der Waals surface area contributed by atoms with Gasteiger partial charge in [0.05, 0.1) is 6.54 Å². The number of likely N-dealkylation sites (tertiary alicyclic amines) is 2. The van der Waals surface area contributed by atoms with E-state index < -0.39 is 23.5 Å². The first kappa shape index (κ1) is 18.1. The van der Waals surface area contributed by atoms with E-state index in [1.807, 2.05) is 19.0 Å². The summed E-state index contributed by atoms with van der Waals surface area (Å²) in [5.74, 6) is -4.84. The van der Waals surface area contributed by atoms with Crippen LogP contribution in [0.3, 0.4) is 0 Å². The number of amides is 1. The number of nitrogens with zero attached hydrogens (tertiary/aromatic N) is 3. The molecule has 1 amide bonds. The van der Waals surface area contributed by atoms with Crippen molar-refractivity contribution in [3.63, 3.8) is 0 Å². The van der Waals surface area contributed by atoms with Gasteiger partial charge in [0.25, 0.3) is 11.8 Å². The molecule has 0 bridgehead atoms. The zero-order valence-electron chi connectivity index (χ0n) is 14.2. The molecule has 0 unspecified atom stereocenters. The van der Waals surface area contributed by atoms with Crippen molar-refractivity contribution >= 4 is 5.91 Å². The van der Waals surface area contributed by atoms with Crippen molar-refractivity contribution in [2.75, 3.05) is 40.3 Å². The number of carbonyl (C=O) groups excluding carboxylic acids is 1. The van der Waals surface area contributed by atoms with E-state index in [2.05, 4.69) is 0 Å². The van der Waals surface area contributed by atoms with E-state index in [4.69, 9.17) is 0 Å². The molecule has 0 saturated carbocycles. The molecule has 2 aliphatic rings. The molecule has 25 heavy (non-hydrogen) atoms. The van der Waals surface area contributed by atoms with Gasteiger partial charge in [-0.1, -0.05) is 0 Å². The number of halogens is 4. The molecule has 0 spiro atoms. The molecule has 4 nitrogen and oxygen atoms in total. The van der Waals surface area contributed by atoms with Crippen molar-refractivity contribution < 1.29 is 22.4 Å². The van der Waals surface area contributed by atoms with Crippen LogP contribution < -0.4 is 0 Å². The highest BCUT2D eigenvalue weighted by molar-refractivity contribution is 5.94. The Morgan fingerprint density at radius 3 is 2.36 bits per heavy atom. The Bertz CT molecular complexity index is 641. The van der Waals surface area contributed by atoms with Gasteiger partial charge in [-0.2, -0.15) is 0 Å². The van der Waals surface area contributed by atoms with Crippen molar-refractivity contribution in [2.45, 2.75) is 24.4 Å². The van der Waals surface area contributed by atoms with E-state index in [-0.39, 0.29) is 43.7 Å². The summed E-state index contributed by atoms with van der Waals surface area (Å²) >= 11 is 0. The van der Waals surface area contributed by atoms with E-state index in [0.717, 1.165) is 12.1 Å². The molecule has 2 saturated heterocycles. The van der Waals surface area contributed by atoms with Gasteiger partial charge in [0.2, 0.25) is 0 Å². The van der Waals surface area contributed by atoms with E-state index in [9.17, 15) is 22.4 Å². The fourth-order valence-corrected chi connectivity index (χ4v) is 3.63. The van der Waals surface area contributed by atoms with Crippen LogP contribution in [0, 0.1) is 11.6 Å². The SMILES string of the molecule is CN(C)C[C@@H]1CC(F)(F)CN1C1CN(C(=O)c2cc(F)cc(F)c2)C1. The summed E-state index contributed by atoms with van der Waals surface area (Å²) in [6.07, 6.45) is -0.190. The van der Waals surface area contributed by atoms with Gasteiger partial charge >= 0.3 is 0 Å². The van der Waals surface area contributed by atoms with Crippen LogP contribution in [0.4, 0.5) is 17.6 Å². The monoisotopic (exact) mass is 359 g/mol. The third-order valence-corrected chi connectivity index (χ3v) is 4.72. The topological polar surface area (TPSA) is 26.8 Å². The van der Waals surface area contributed by atoms with Crippen molar-refractivity contribution in [3.05, 3.63) is 35.4 Å². The lowest BCUT2D eigenvalue weighted by Crippen LogP contribution is -2.63. The van der Waals surface area contributed by atoms with E-state index in [1.54, 1.807) is 4.90 Å². The number of hydrogen-bond acceptors (Lipinski definition) is 3. The minimum atomic E-state index is -2.73. The van der Waals surface area contributed by atoms with Gasteiger partial charge in [0, 0.05) is 49.8 Å². The first-order chi connectivity index (χ1) is 11.6. The summed E-state index contributed by atoms with van der Waals surface area (Å²) in [7, 11) is 3.67. The fourth-order valence-electron chi connectivity index (χ4n) is 3.63. The highest BCUT2D eigenvalue weighted by Gasteiger charge is 2.50. The Morgan fingerprint density at radius 1 is 1.20 bits per heavy atom. The predicted molar refractivity (Wildman–Crippen MR) is 84.7 cm³/mol. The maximum atomic E-state index is 13.8. The van der Waals surface area contributed by atoms with E-state index in [1.165, 1.54) is 4.90 Å². The number of rotatable bonds is 4. The molecule has 2 aliphatic heterocycles. The number of carbonyl (C=O) groups is 1. The molecule has 3 rings (SSSR count). The lowest BCUT2D eigenvalue weighted by molar-refractivity contribution is -0.0115. The maximum Gasteiger partial charge on any atom is 0.262 e. The average molecular weight is 359 g/mol. The molecule has 0 aromatic heterocycles. The first-order valence-electron chi connectivity index (χ1n) is 8.18. The van der Waals surface area contributed by atoms with Crippen LogP contribution in [0.1, 0.15) is 16.8 Å². The van der Waals surface area contributed by atoms with Gasteiger partial charge in [-0.15, -0.1) is 0 Å². The molecule has 8 heteroatoms. The van der Waals surface area contributed by atoms with Gasteiger partial charge in [0.1, 0.15) is 11.6 Å². The van der Waals surface area contributed by atoms with Gasteiger partial charge in [-0.05, 0) is 26.2 Å². The van der Waals surface area contributed by atoms with Crippen molar-refractivity contribution in [3.8, 4) is 0 Å². The van der Waals surface area contributed by atoms with Crippen LogP contribution in [0.25, 0.3) is 0 Å². The normalized spacial score (nSPS) is 24.0. The number of benzene rings is 1. The quantitative estimate of drug-likeness (QED) is 0.770. The molecule has 2 fully saturated rings. The smallest absolute Gasteiger partial charge is 0.262 e. The summed E-state index contributed by atoms with van der Waals surface area (Å²) in [6, 6.07) is 2.25. The Morgan fingerprint density at radius 2 is 1.80 bits per heavy atom. The second kappa shape index (κ2) is 6.57. The minimum absolute atomic E-state index is 0.0625. The lowest BCUT2D eigenvalue weighted by Gasteiger charge is -2.46. The van der Waals surface area contributed by atoms with Crippen molar-refractivity contribution in [1.29, 1.82) is 0 Å². The molecule has 0 radical (unpaired) electrons. The zero-order chi connectivity index (χ0) is 18.4. The lowest BCUT2D eigenvalue weighted by atomic mass is 10.0. The minimum Gasteiger partial charge on any atom is -0.335 e. The second-order valence-electron chi connectivity index (χ2n) is 7.17. The molecule has 0 N–H and O–H groups in total. The summed E-state index contributed by atoms with van der Waals surface area (Å²) in [4.78, 5) is 17.4. The molecular formula is C17H21F4N3O. The van der Waals surface area contributed by atoms with E-state index >= 15 is 0 Å². The van der Waals surface area contributed by atoms with Gasteiger partial charge < -0.3 is 9.80 Å². The summed E-state index contributed by atoms with van der Waals surface area (Å²) in [5.41, 5.74) is -0.0625. The Balaban J connectivity index is 1.63. The third-order valence-electron chi connectivity index (χ3n) is 4.72. The van der Waals surface area contributed by atoms with Gasteiger partial charge in [-0.3, -0.25) is 9.69 Å². The maximum absolute atomic E-state index is 13.8. The van der Waals surface area contributed by atoms with Crippen LogP contribution in [0.5, 0.6) is 0 Å². The Hall–Kier alpha value is -1.67. The fraction of sp³-hybridized carbons (Fsp3) is 0.588. The Labute approximate surface area is 144 Å². The molecule has 1 atom stereocenters. The molecule has 1 aromatic carbocycles. The van der Waals surface area contributed by atoms with Crippen LogP contribution >= 0.6 is 0 Å². The number of likely N-dealkylation sites (N-methyl/N-ethyl adjacent to an activating group) is 1. The van der Waals surface area contributed by atoms with Gasteiger partial charge in [-0.25, -0.2) is 17.6 Å². The molecule has 2 heterocycles. The highest BCUT2D eigenvalue weighted by Crippen LogP contribution is 2.35. The summed E-state index contributed by atoms with van der Waals surface area (Å²) in [5, 5.41) is 0. The Kier molecular flexibility index (Phi) is 4.76. The predicted octanol–water partition coefficient (Wildman–Crippen LogP) is 2.06. The zero-order valence-corrected chi connectivity index (χ0v) is 14.2. The largest absolute Gasteiger partial charge is 0.335 e. The first-order valence-corrected chi connectivity index (χ1v) is 8.18.